The normalized spacial score (nSPS) is 16.1. The first kappa shape index (κ1) is 23.2. The summed E-state index contributed by atoms with van der Waals surface area (Å²) in [4.78, 5) is 31.3. The van der Waals surface area contributed by atoms with Gasteiger partial charge < -0.3 is 4.74 Å². The van der Waals surface area contributed by atoms with Crippen LogP contribution in [0.25, 0.3) is 12.2 Å². The van der Waals surface area contributed by atoms with E-state index in [-0.39, 0.29) is 12.2 Å². The number of carbonyl (C=O) groups excluding carboxylic acids is 1. The molecule has 33 heavy (non-hydrogen) atoms. The second-order valence-electron chi connectivity index (χ2n) is 7.29. The van der Waals surface area contributed by atoms with Gasteiger partial charge in [0.05, 0.1) is 38.5 Å². The van der Waals surface area contributed by atoms with E-state index in [2.05, 4.69) is 4.99 Å². The number of hydrogen-bond donors (Lipinski definition) is 0. The van der Waals surface area contributed by atoms with Gasteiger partial charge in [0.15, 0.2) is 4.80 Å². The fourth-order valence-corrected chi connectivity index (χ4v) is 4.90. The summed E-state index contributed by atoms with van der Waals surface area (Å²) in [7, 11) is 0. The molecule has 2 aromatic carbocycles. The number of aromatic nitrogens is 1. The molecular weight excluding hydrogens is 479 g/mol. The van der Waals surface area contributed by atoms with Crippen molar-refractivity contribution >= 4 is 52.7 Å². The van der Waals surface area contributed by atoms with Crippen LogP contribution in [-0.4, -0.2) is 17.1 Å². The van der Waals surface area contributed by atoms with E-state index < -0.39 is 12.0 Å². The molecule has 5 nitrogen and oxygen atoms in total. The molecule has 168 valence electrons. The van der Waals surface area contributed by atoms with Crippen LogP contribution in [0.15, 0.2) is 75.7 Å². The average molecular weight is 499 g/mol. The Kier molecular flexibility index (Phi) is 6.98. The van der Waals surface area contributed by atoms with Crippen molar-refractivity contribution in [3.8, 4) is 0 Å². The van der Waals surface area contributed by atoms with Gasteiger partial charge in [0.25, 0.3) is 5.56 Å². The summed E-state index contributed by atoms with van der Waals surface area (Å²) in [6, 6.07) is 14.2. The van der Waals surface area contributed by atoms with Gasteiger partial charge in [-0.2, -0.15) is 0 Å². The standard InChI is InChI=1S/C25H20Cl2N2O3S/c1-3-32-24(31)22-15(2)28-25-29(20(22)12-10-16-7-5-4-6-8-16)23(30)21(33-25)14-17-9-11-18(26)19(27)13-17/h4-14,20H,3H2,1-2H3/b12-10+,21-14-. The van der Waals surface area contributed by atoms with Crippen LogP contribution in [0.2, 0.25) is 10.0 Å². The third-order valence-corrected chi connectivity index (χ3v) is 6.79. The van der Waals surface area contributed by atoms with Crippen molar-refractivity contribution in [1.82, 2.24) is 4.57 Å². The minimum atomic E-state index is -0.642. The van der Waals surface area contributed by atoms with Crippen LogP contribution in [0.5, 0.6) is 0 Å². The molecule has 8 heteroatoms. The first-order valence-corrected chi connectivity index (χ1v) is 11.8. The molecule has 0 N–H and O–H groups in total. The minimum Gasteiger partial charge on any atom is -0.463 e. The van der Waals surface area contributed by atoms with E-state index in [1.807, 2.05) is 42.5 Å². The van der Waals surface area contributed by atoms with Gasteiger partial charge in [-0.05, 0) is 43.2 Å². The van der Waals surface area contributed by atoms with Crippen LogP contribution in [0.3, 0.4) is 0 Å². The monoisotopic (exact) mass is 498 g/mol. The number of ether oxygens (including phenoxy) is 1. The smallest absolute Gasteiger partial charge is 0.338 e. The van der Waals surface area contributed by atoms with E-state index in [1.165, 1.54) is 15.9 Å². The quantitative estimate of drug-likeness (QED) is 0.476. The molecule has 0 radical (unpaired) electrons. The summed E-state index contributed by atoms with van der Waals surface area (Å²) in [6.07, 6.45) is 5.46. The fraction of sp³-hybridized carbons (Fsp3) is 0.160. The van der Waals surface area contributed by atoms with Gasteiger partial charge in [-0.15, -0.1) is 0 Å². The van der Waals surface area contributed by atoms with E-state index in [0.29, 0.717) is 30.6 Å². The number of rotatable bonds is 5. The van der Waals surface area contributed by atoms with E-state index in [0.717, 1.165) is 11.1 Å². The number of hydrogen-bond acceptors (Lipinski definition) is 5. The molecule has 0 aliphatic carbocycles. The Morgan fingerprint density at radius 1 is 1.15 bits per heavy atom. The van der Waals surface area contributed by atoms with Crippen LogP contribution in [0, 0.1) is 0 Å². The number of thiazole rings is 1. The van der Waals surface area contributed by atoms with E-state index in [9.17, 15) is 9.59 Å². The maximum Gasteiger partial charge on any atom is 0.338 e. The molecule has 0 bridgehead atoms. The highest BCUT2D eigenvalue weighted by atomic mass is 35.5. The van der Waals surface area contributed by atoms with Gasteiger partial charge in [0.1, 0.15) is 0 Å². The predicted octanol–water partition coefficient (Wildman–Crippen LogP) is 4.77. The molecule has 0 amide bonds. The van der Waals surface area contributed by atoms with Gasteiger partial charge in [0, 0.05) is 0 Å². The van der Waals surface area contributed by atoms with Crippen molar-refractivity contribution in [2.75, 3.05) is 6.61 Å². The van der Waals surface area contributed by atoms with Gasteiger partial charge in [0.2, 0.25) is 0 Å². The summed E-state index contributed by atoms with van der Waals surface area (Å²) in [5.74, 6) is -0.486. The Labute approximate surface area is 204 Å². The van der Waals surface area contributed by atoms with Crippen LogP contribution in [0.1, 0.15) is 31.0 Å². The lowest BCUT2D eigenvalue weighted by Gasteiger charge is -2.21. The molecule has 1 aliphatic rings. The summed E-state index contributed by atoms with van der Waals surface area (Å²) in [5, 5.41) is 0.846. The minimum absolute atomic E-state index is 0.229. The largest absolute Gasteiger partial charge is 0.463 e. The van der Waals surface area contributed by atoms with Crippen LogP contribution >= 0.6 is 34.5 Å². The van der Waals surface area contributed by atoms with Crippen molar-refractivity contribution in [1.29, 1.82) is 0 Å². The molecule has 1 aromatic heterocycles. The summed E-state index contributed by atoms with van der Waals surface area (Å²) in [6.45, 7) is 3.73. The highest BCUT2D eigenvalue weighted by molar-refractivity contribution is 7.07. The van der Waals surface area contributed by atoms with Crippen molar-refractivity contribution in [3.05, 3.63) is 107 Å². The van der Waals surface area contributed by atoms with Gasteiger partial charge in [-0.1, -0.05) is 83.1 Å². The van der Waals surface area contributed by atoms with Crippen molar-refractivity contribution < 1.29 is 9.53 Å². The zero-order chi connectivity index (χ0) is 23.5. The molecule has 3 aromatic rings. The Bertz CT molecular complexity index is 1450. The second kappa shape index (κ2) is 9.91. The predicted molar refractivity (Wildman–Crippen MR) is 133 cm³/mol. The second-order valence-corrected chi connectivity index (χ2v) is 9.11. The van der Waals surface area contributed by atoms with Crippen molar-refractivity contribution in [2.45, 2.75) is 19.9 Å². The third-order valence-electron chi connectivity index (χ3n) is 5.07. The first-order chi connectivity index (χ1) is 15.9. The highest BCUT2D eigenvalue weighted by Crippen LogP contribution is 2.27. The van der Waals surface area contributed by atoms with Crippen LogP contribution < -0.4 is 14.9 Å². The third kappa shape index (κ3) is 4.88. The number of halogens is 2. The van der Waals surface area contributed by atoms with Crippen LogP contribution in [-0.2, 0) is 9.53 Å². The summed E-state index contributed by atoms with van der Waals surface area (Å²) in [5.41, 5.74) is 2.32. The molecule has 1 atom stereocenters. The fourth-order valence-electron chi connectivity index (χ4n) is 3.54. The zero-order valence-electron chi connectivity index (χ0n) is 17.9. The number of carbonyl (C=O) groups is 1. The Morgan fingerprint density at radius 2 is 1.91 bits per heavy atom. The van der Waals surface area contributed by atoms with Gasteiger partial charge in [-0.25, -0.2) is 9.79 Å². The molecule has 1 aliphatic heterocycles. The number of esters is 1. The summed E-state index contributed by atoms with van der Waals surface area (Å²) < 4.78 is 7.29. The Morgan fingerprint density at radius 3 is 2.61 bits per heavy atom. The highest BCUT2D eigenvalue weighted by Gasteiger charge is 2.30. The SMILES string of the molecule is CCOC(=O)C1=C(C)N=c2s/c(=C\c3ccc(Cl)c(Cl)c3)c(=O)n2C1/C=C/c1ccccc1. The molecule has 4 rings (SSSR count). The lowest BCUT2D eigenvalue weighted by molar-refractivity contribution is -0.139. The molecular formula is C25H20Cl2N2O3S. The van der Waals surface area contributed by atoms with E-state index >= 15 is 0 Å². The molecule has 0 saturated heterocycles. The summed E-state index contributed by atoms with van der Waals surface area (Å²) >= 11 is 13.4. The first-order valence-electron chi connectivity index (χ1n) is 10.3. The topological polar surface area (TPSA) is 60.7 Å². The maximum atomic E-state index is 13.4. The molecule has 0 spiro atoms. The van der Waals surface area contributed by atoms with Crippen LogP contribution in [0.4, 0.5) is 0 Å². The van der Waals surface area contributed by atoms with E-state index in [4.69, 9.17) is 27.9 Å². The molecule has 0 fully saturated rings. The Hall–Kier alpha value is -2.93. The average Bonchev–Trinajstić information content (AvgIpc) is 3.09. The number of nitrogens with zero attached hydrogens (tertiary/aromatic N) is 2. The van der Waals surface area contributed by atoms with Crippen molar-refractivity contribution in [3.63, 3.8) is 0 Å². The molecule has 2 heterocycles. The number of benzene rings is 2. The molecule has 0 saturated carbocycles. The Balaban J connectivity index is 1.87. The maximum absolute atomic E-state index is 13.4. The zero-order valence-corrected chi connectivity index (χ0v) is 20.2. The number of allylic oxidation sites excluding steroid dienone is 2. The lowest BCUT2D eigenvalue weighted by Crippen LogP contribution is -2.38. The lowest BCUT2D eigenvalue weighted by atomic mass is 10.0. The van der Waals surface area contributed by atoms with Gasteiger partial charge in [-0.3, -0.25) is 9.36 Å². The molecule has 1 unspecified atom stereocenters. The van der Waals surface area contributed by atoms with Gasteiger partial charge >= 0.3 is 5.97 Å². The van der Waals surface area contributed by atoms with E-state index in [1.54, 1.807) is 38.1 Å². The number of fused-ring (bicyclic) bond motifs is 1. The van der Waals surface area contributed by atoms with Crippen molar-refractivity contribution in [2.24, 2.45) is 4.99 Å².